The lowest BCUT2D eigenvalue weighted by Gasteiger charge is -2.34. The van der Waals surface area contributed by atoms with E-state index in [1.165, 1.54) is 0 Å². The van der Waals surface area contributed by atoms with E-state index in [4.69, 9.17) is 32.6 Å². The van der Waals surface area contributed by atoms with Gasteiger partial charge in [-0.05, 0) is 61.1 Å². The number of hydrogen-bond donors (Lipinski definition) is 6. The number of hydrogen-bond acceptors (Lipinski definition) is 10. The SMILES string of the molecule is NC(N)=Nc1ccc(CNC(=O)N2CCN(OC(=O)C3CCCC(C(=O)ON4CCN(C(=O)NCc5ccc(N=C(N)N)cc5)CC4)CCC3)CC2)cc1. The first-order valence-corrected chi connectivity index (χ1v) is 18.4. The van der Waals surface area contributed by atoms with Crippen molar-refractivity contribution >= 4 is 47.3 Å². The van der Waals surface area contributed by atoms with Gasteiger partial charge in [-0.2, -0.15) is 0 Å². The molecule has 0 atom stereocenters. The molecule has 0 radical (unpaired) electrons. The van der Waals surface area contributed by atoms with Gasteiger partial charge in [0.25, 0.3) is 0 Å². The van der Waals surface area contributed by atoms with Crippen LogP contribution in [-0.2, 0) is 32.4 Å². The van der Waals surface area contributed by atoms with Crippen molar-refractivity contribution in [1.82, 2.24) is 30.6 Å². The summed E-state index contributed by atoms with van der Waals surface area (Å²) >= 11 is 0. The van der Waals surface area contributed by atoms with E-state index in [2.05, 4.69) is 20.6 Å². The van der Waals surface area contributed by atoms with Crippen molar-refractivity contribution < 1.29 is 28.9 Å². The fourth-order valence-electron chi connectivity index (χ4n) is 6.60. The summed E-state index contributed by atoms with van der Waals surface area (Å²) in [6.07, 6.45) is 3.93. The van der Waals surface area contributed by atoms with Gasteiger partial charge in [-0.1, -0.05) is 37.1 Å². The Morgan fingerprint density at radius 3 is 1.20 bits per heavy atom. The average Bonchev–Trinajstić information content (AvgIpc) is 3.14. The molecular formula is C36H52N12O6. The molecule has 5 rings (SSSR count). The molecular weight excluding hydrogens is 696 g/mol. The number of aliphatic imine (C=N–C) groups is 2. The van der Waals surface area contributed by atoms with Crippen molar-refractivity contribution in [1.29, 1.82) is 0 Å². The molecule has 18 nitrogen and oxygen atoms in total. The molecule has 54 heavy (non-hydrogen) atoms. The molecule has 2 aliphatic heterocycles. The first-order valence-electron chi connectivity index (χ1n) is 18.4. The lowest BCUT2D eigenvalue weighted by Crippen LogP contribution is -2.52. The molecule has 1 saturated carbocycles. The van der Waals surface area contributed by atoms with Crippen LogP contribution < -0.4 is 33.6 Å². The number of rotatable bonds is 10. The molecule has 0 spiro atoms. The molecule has 10 N–H and O–H groups in total. The average molecular weight is 749 g/mol. The van der Waals surface area contributed by atoms with E-state index in [9.17, 15) is 19.2 Å². The maximum absolute atomic E-state index is 13.1. The zero-order valence-electron chi connectivity index (χ0n) is 30.5. The molecule has 4 amide bonds. The summed E-state index contributed by atoms with van der Waals surface area (Å²) < 4.78 is 0. The second-order valence-electron chi connectivity index (χ2n) is 13.6. The number of urea groups is 2. The Morgan fingerprint density at radius 1 is 0.556 bits per heavy atom. The zero-order chi connectivity index (χ0) is 38.5. The lowest BCUT2D eigenvalue weighted by atomic mass is 9.86. The third-order valence-corrected chi connectivity index (χ3v) is 9.64. The molecule has 2 saturated heterocycles. The predicted molar refractivity (Wildman–Crippen MR) is 201 cm³/mol. The van der Waals surface area contributed by atoms with Crippen LogP contribution in [0.2, 0.25) is 0 Å². The van der Waals surface area contributed by atoms with Gasteiger partial charge >= 0.3 is 24.0 Å². The van der Waals surface area contributed by atoms with Gasteiger partial charge in [-0.3, -0.25) is 9.59 Å². The van der Waals surface area contributed by atoms with Crippen LogP contribution in [0.1, 0.15) is 49.7 Å². The molecule has 1 aliphatic carbocycles. The Labute approximate surface area is 314 Å². The Bertz CT molecular complexity index is 1500. The van der Waals surface area contributed by atoms with E-state index < -0.39 is 0 Å². The van der Waals surface area contributed by atoms with E-state index in [0.29, 0.717) is 115 Å². The highest BCUT2D eigenvalue weighted by atomic mass is 16.7. The molecule has 3 fully saturated rings. The van der Waals surface area contributed by atoms with Crippen LogP contribution >= 0.6 is 0 Å². The largest absolute Gasteiger partial charge is 0.370 e. The van der Waals surface area contributed by atoms with Crippen LogP contribution in [0, 0.1) is 11.8 Å². The second-order valence-corrected chi connectivity index (χ2v) is 13.6. The maximum atomic E-state index is 13.1. The third-order valence-electron chi connectivity index (χ3n) is 9.64. The third kappa shape index (κ3) is 12.2. The number of nitrogens with zero attached hydrogens (tertiary/aromatic N) is 6. The number of amides is 4. The van der Waals surface area contributed by atoms with E-state index in [-0.39, 0.29) is 47.8 Å². The molecule has 0 unspecified atom stereocenters. The van der Waals surface area contributed by atoms with Gasteiger partial charge in [-0.15, -0.1) is 10.1 Å². The molecule has 0 aromatic heterocycles. The van der Waals surface area contributed by atoms with Gasteiger partial charge in [0, 0.05) is 39.3 Å². The summed E-state index contributed by atoms with van der Waals surface area (Å²) in [6, 6.07) is 14.1. The topological polar surface area (TPSA) is 253 Å². The summed E-state index contributed by atoms with van der Waals surface area (Å²) in [4.78, 5) is 74.4. The summed E-state index contributed by atoms with van der Waals surface area (Å²) in [5.74, 6) is -1.05. The molecule has 18 heteroatoms. The number of nitrogens with one attached hydrogen (secondary N) is 2. The molecule has 292 valence electrons. The van der Waals surface area contributed by atoms with Crippen LogP contribution in [0.15, 0.2) is 58.5 Å². The molecule has 3 aliphatic rings. The number of nitrogens with two attached hydrogens (primary N) is 4. The summed E-state index contributed by atoms with van der Waals surface area (Å²) in [7, 11) is 0. The number of piperazine rings is 2. The Kier molecular flexibility index (Phi) is 14.3. The number of guanidine groups is 2. The fourth-order valence-corrected chi connectivity index (χ4v) is 6.60. The zero-order valence-corrected chi connectivity index (χ0v) is 30.5. The first-order chi connectivity index (χ1) is 26.0. The minimum Gasteiger partial charge on any atom is -0.370 e. The van der Waals surface area contributed by atoms with Crippen molar-refractivity contribution in [3.05, 3.63) is 59.7 Å². The quantitative estimate of drug-likeness (QED) is 0.149. The van der Waals surface area contributed by atoms with Gasteiger partial charge in [0.15, 0.2) is 11.9 Å². The van der Waals surface area contributed by atoms with E-state index in [1.54, 1.807) is 44.2 Å². The van der Waals surface area contributed by atoms with Crippen LogP contribution in [0.25, 0.3) is 0 Å². The van der Waals surface area contributed by atoms with Crippen molar-refractivity contribution in [2.75, 3.05) is 52.4 Å². The van der Waals surface area contributed by atoms with Crippen molar-refractivity contribution in [3.63, 3.8) is 0 Å². The van der Waals surface area contributed by atoms with Gasteiger partial charge in [0.2, 0.25) is 0 Å². The number of hydroxylamine groups is 4. The maximum Gasteiger partial charge on any atom is 0.328 e. The molecule has 0 bridgehead atoms. The van der Waals surface area contributed by atoms with Gasteiger partial charge < -0.3 is 53.0 Å². The summed E-state index contributed by atoms with van der Waals surface area (Å²) in [6.45, 7) is 4.11. The highest BCUT2D eigenvalue weighted by molar-refractivity contribution is 5.79. The lowest BCUT2D eigenvalue weighted by molar-refractivity contribution is -0.203. The fraction of sp³-hybridized carbons (Fsp3) is 0.500. The van der Waals surface area contributed by atoms with E-state index in [0.717, 1.165) is 11.1 Å². The molecule has 2 aromatic rings. The van der Waals surface area contributed by atoms with E-state index in [1.807, 2.05) is 24.3 Å². The highest BCUT2D eigenvalue weighted by Crippen LogP contribution is 2.28. The van der Waals surface area contributed by atoms with Crippen LogP contribution in [0.5, 0.6) is 0 Å². The standard InChI is InChI=1S/C36H52N12O6/c37-33(38)43-29-11-7-25(8-12-29)23-41-35(51)45-15-19-47(20-16-45)53-31(49)27-3-1-4-28(6-2-5-27)32(50)54-48-21-17-46(18-22-48)36(52)42-24-26-9-13-30(14-10-26)44-34(39)40/h7-14,27-28H,1-6,15-24H2,(H,41,51)(H,42,52)(H4,37,38,43)(H4,39,40,44). The number of carbonyl (C=O) groups is 4. The monoisotopic (exact) mass is 748 g/mol. The van der Waals surface area contributed by atoms with Crippen molar-refractivity contribution in [3.8, 4) is 0 Å². The predicted octanol–water partition coefficient (Wildman–Crippen LogP) is 1.35. The summed E-state index contributed by atoms with van der Waals surface area (Å²) in [5.41, 5.74) is 24.7. The van der Waals surface area contributed by atoms with Gasteiger partial charge in [-0.25, -0.2) is 19.6 Å². The van der Waals surface area contributed by atoms with Crippen LogP contribution in [-0.4, -0.2) is 108 Å². The first kappa shape index (κ1) is 39.6. The highest BCUT2D eigenvalue weighted by Gasteiger charge is 2.31. The van der Waals surface area contributed by atoms with Crippen molar-refractivity contribution in [2.24, 2.45) is 44.8 Å². The van der Waals surface area contributed by atoms with Gasteiger partial charge in [0.1, 0.15) is 0 Å². The number of benzene rings is 2. The van der Waals surface area contributed by atoms with E-state index >= 15 is 0 Å². The van der Waals surface area contributed by atoms with Crippen LogP contribution in [0.3, 0.4) is 0 Å². The smallest absolute Gasteiger partial charge is 0.328 e. The Morgan fingerprint density at radius 2 is 0.889 bits per heavy atom. The Balaban J connectivity index is 0.939. The molecule has 2 heterocycles. The minimum atomic E-state index is -0.263. The van der Waals surface area contributed by atoms with Crippen LogP contribution in [0.4, 0.5) is 21.0 Å². The summed E-state index contributed by atoms with van der Waals surface area (Å²) in [5, 5.41) is 9.10. The normalized spacial score (nSPS) is 19.7. The van der Waals surface area contributed by atoms with Crippen molar-refractivity contribution in [2.45, 2.75) is 51.6 Å². The molecule has 2 aromatic carbocycles. The minimum absolute atomic E-state index is 0.0184. The second kappa shape index (κ2) is 19.5. The Hall–Kier alpha value is -5.62. The van der Waals surface area contributed by atoms with Gasteiger partial charge in [0.05, 0.1) is 49.4 Å². The number of carbonyl (C=O) groups excluding carboxylic acids is 4.